The number of hydrogen-bond acceptors (Lipinski definition) is 2. The first kappa shape index (κ1) is 14.9. The highest BCUT2D eigenvalue weighted by molar-refractivity contribution is 5.78. The molecule has 0 bridgehead atoms. The van der Waals surface area contributed by atoms with E-state index in [-0.39, 0.29) is 11.9 Å². The second-order valence-corrected chi connectivity index (χ2v) is 5.90. The van der Waals surface area contributed by atoms with Gasteiger partial charge in [0.25, 0.3) is 0 Å². The van der Waals surface area contributed by atoms with Crippen molar-refractivity contribution >= 4 is 5.91 Å². The molecular formula is C18H23N2O2+. The molecule has 1 amide bonds. The van der Waals surface area contributed by atoms with E-state index in [9.17, 15) is 4.79 Å². The average molecular weight is 299 g/mol. The minimum Gasteiger partial charge on any atom is -0.463 e. The van der Waals surface area contributed by atoms with Crippen molar-refractivity contribution in [1.29, 1.82) is 0 Å². The summed E-state index contributed by atoms with van der Waals surface area (Å²) < 4.78 is 5.59. The summed E-state index contributed by atoms with van der Waals surface area (Å²) in [7, 11) is 0. The molecule has 0 aliphatic carbocycles. The standard InChI is InChI=1S/C18H22N2O2/c21-18(13-15-7-2-1-3-8-15)19-14-16(17-9-6-12-22-17)20-10-4-5-11-20/h1-3,6-9,12,16H,4-5,10-11,13-14H2,(H,19,21)/p+1/t16-/m0/s1. The van der Waals surface area contributed by atoms with Gasteiger partial charge in [0.15, 0.2) is 11.8 Å². The number of carbonyl (C=O) groups is 1. The number of likely N-dealkylation sites (tertiary alicyclic amines) is 1. The topological polar surface area (TPSA) is 46.7 Å². The molecule has 2 aromatic rings. The molecule has 1 saturated heterocycles. The molecule has 1 aromatic heterocycles. The first-order valence-corrected chi connectivity index (χ1v) is 8.01. The molecule has 4 nitrogen and oxygen atoms in total. The van der Waals surface area contributed by atoms with E-state index in [1.165, 1.54) is 17.7 Å². The molecule has 1 aromatic carbocycles. The maximum absolute atomic E-state index is 12.2. The lowest BCUT2D eigenvalue weighted by Crippen LogP contribution is -3.11. The van der Waals surface area contributed by atoms with Crippen molar-refractivity contribution < 1.29 is 14.1 Å². The minimum absolute atomic E-state index is 0.0707. The summed E-state index contributed by atoms with van der Waals surface area (Å²) in [6.07, 6.45) is 4.65. The van der Waals surface area contributed by atoms with Gasteiger partial charge in [-0.2, -0.15) is 0 Å². The molecule has 1 aliphatic rings. The van der Waals surface area contributed by atoms with E-state index in [1.807, 2.05) is 42.5 Å². The van der Waals surface area contributed by atoms with Gasteiger partial charge in [0.05, 0.1) is 32.3 Å². The Hall–Kier alpha value is -2.07. The van der Waals surface area contributed by atoms with Gasteiger partial charge in [-0.15, -0.1) is 0 Å². The predicted octanol–water partition coefficient (Wildman–Crippen LogP) is 1.36. The van der Waals surface area contributed by atoms with Crippen LogP contribution in [0.5, 0.6) is 0 Å². The maximum atomic E-state index is 12.2. The normalized spacial score (nSPS) is 16.5. The third-order valence-corrected chi connectivity index (χ3v) is 4.34. The van der Waals surface area contributed by atoms with Gasteiger partial charge in [-0.1, -0.05) is 30.3 Å². The van der Waals surface area contributed by atoms with Crippen molar-refractivity contribution in [3.05, 3.63) is 60.1 Å². The fraction of sp³-hybridized carbons (Fsp3) is 0.389. The second-order valence-electron chi connectivity index (χ2n) is 5.90. The summed E-state index contributed by atoms with van der Waals surface area (Å²) in [6, 6.07) is 14.0. The first-order chi connectivity index (χ1) is 10.8. The third-order valence-electron chi connectivity index (χ3n) is 4.34. The van der Waals surface area contributed by atoms with Crippen molar-refractivity contribution in [2.24, 2.45) is 0 Å². The lowest BCUT2D eigenvalue weighted by Gasteiger charge is -2.23. The Balaban J connectivity index is 1.58. The van der Waals surface area contributed by atoms with E-state index in [4.69, 9.17) is 4.42 Å². The van der Waals surface area contributed by atoms with Gasteiger partial charge in [0.1, 0.15) is 0 Å². The van der Waals surface area contributed by atoms with Crippen molar-refractivity contribution in [2.75, 3.05) is 19.6 Å². The minimum atomic E-state index is 0.0707. The molecule has 2 heterocycles. The molecule has 3 rings (SSSR count). The molecule has 0 saturated carbocycles. The van der Waals surface area contributed by atoms with Crippen LogP contribution >= 0.6 is 0 Å². The number of carbonyl (C=O) groups excluding carboxylic acids is 1. The van der Waals surface area contributed by atoms with Crippen molar-refractivity contribution in [3.8, 4) is 0 Å². The van der Waals surface area contributed by atoms with E-state index in [1.54, 1.807) is 6.26 Å². The van der Waals surface area contributed by atoms with Gasteiger partial charge in [-0.3, -0.25) is 4.79 Å². The van der Waals surface area contributed by atoms with E-state index in [0.29, 0.717) is 13.0 Å². The Labute approximate surface area is 131 Å². The maximum Gasteiger partial charge on any atom is 0.224 e. The summed E-state index contributed by atoms with van der Waals surface area (Å²) in [6.45, 7) is 2.94. The zero-order valence-corrected chi connectivity index (χ0v) is 12.8. The number of nitrogens with one attached hydrogen (secondary N) is 2. The molecule has 1 fully saturated rings. The smallest absolute Gasteiger partial charge is 0.224 e. The second kappa shape index (κ2) is 7.27. The van der Waals surface area contributed by atoms with Crippen LogP contribution in [0.3, 0.4) is 0 Å². The number of amides is 1. The fourth-order valence-electron chi connectivity index (χ4n) is 3.17. The monoisotopic (exact) mass is 299 g/mol. The molecule has 1 atom stereocenters. The highest BCUT2D eigenvalue weighted by Crippen LogP contribution is 2.11. The molecule has 0 spiro atoms. The SMILES string of the molecule is O=C(Cc1ccccc1)NC[C@@H](c1ccco1)[NH+]1CCCC1. The molecular weight excluding hydrogens is 276 g/mol. The number of quaternary nitrogens is 1. The Morgan fingerprint density at radius 3 is 2.59 bits per heavy atom. The van der Waals surface area contributed by atoms with Crippen LogP contribution in [0.4, 0.5) is 0 Å². The van der Waals surface area contributed by atoms with E-state index in [2.05, 4.69) is 5.32 Å². The average Bonchev–Trinajstić information content (AvgIpc) is 3.22. The highest BCUT2D eigenvalue weighted by Gasteiger charge is 2.29. The lowest BCUT2D eigenvalue weighted by atomic mass is 10.1. The molecule has 0 unspecified atom stereocenters. The van der Waals surface area contributed by atoms with Crippen LogP contribution in [0.25, 0.3) is 0 Å². The number of furan rings is 1. The van der Waals surface area contributed by atoms with Gasteiger partial charge >= 0.3 is 0 Å². The van der Waals surface area contributed by atoms with Gasteiger partial charge in [-0.25, -0.2) is 0 Å². The summed E-state index contributed by atoms with van der Waals surface area (Å²) in [5, 5.41) is 3.08. The molecule has 22 heavy (non-hydrogen) atoms. The Morgan fingerprint density at radius 1 is 1.14 bits per heavy atom. The van der Waals surface area contributed by atoms with Crippen LogP contribution < -0.4 is 10.2 Å². The fourth-order valence-corrected chi connectivity index (χ4v) is 3.17. The highest BCUT2D eigenvalue weighted by atomic mass is 16.3. The van der Waals surface area contributed by atoms with Crippen molar-refractivity contribution in [3.63, 3.8) is 0 Å². The zero-order chi connectivity index (χ0) is 15.2. The van der Waals surface area contributed by atoms with Crippen molar-refractivity contribution in [2.45, 2.75) is 25.3 Å². The molecule has 2 N–H and O–H groups in total. The first-order valence-electron chi connectivity index (χ1n) is 8.01. The van der Waals surface area contributed by atoms with E-state index < -0.39 is 0 Å². The molecule has 1 aliphatic heterocycles. The van der Waals surface area contributed by atoms with Gasteiger partial charge in [0.2, 0.25) is 5.91 Å². The van der Waals surface area contributed by atoms with Crippen LogP contribution in [-0.2, 0) is 11.2 Å². The largest absolute Gasteiger partial charge is 0.463 e. The Bertz CT molecular complexity index is 574. The van der Waals surface area contributed by atoms with Gasteiger partial charge < -0.3 is 14.6 Å². The number of benzene rings is 1. The van der Waals surface area contributed by atoms with Crippen LogP contribution in [0, 0.1) is 0 Å². The lowest BCUT2D eigenvalue weighted by molar-refractivity contribution is -0.919. The van der Waals surface area contributed by atoms with Crippen LogP contribution in [0.15, 0.2) is 53.1 Å². The third kappa shape index (κ3) is 3.77. The molecule has 4 heteroatoms. The zero-order valence-electron chi connectivity index (χ0n) is 12.8. The summed E-state index contributed by atoms with van der Waals surface area (Å²) in [5.41, 5.74) is 1.04. The Morgan fingerprint density at radius 2 is 1.91 bits per heavy atom. The van der Waals surface area contributed by atoms with E-state index >= 15 is 0 Å². The molecule has 116 valence electrons. The van der Waals surface area contributed by atoms with Crippen LogP contribution in [-0.4, -0.2) is 25.5 Å². The van der Waals surface area contributed by atoms with Crippen LogP contribution in [0.1, 0.15) is 30.2 Å². The summed E-state index contributed by atoms with van der Waals surface area (Å²) in [4.78, 5) is 13.7. The van der Waals surface area contributed by atoms with Crippen molar-refractivity contribution in [1.82, 2.24) is 5.32 Å². The Kier molecular flexibility index (Phi) is 4.91. The predicted molar refractivity (Wildman–Crippen MR) is 84.5 cm³/mol. The number of hydrogen-bond donors (Lipinski definition) is 2. The number of rotatable bonds is 6. The molecule has 0 radical (unpaired) electrons. The summed E-state index contributed by atoms with van der Waals surface area (Å²) in [5.74, 6) is 1.04. The summed E-state index contributed by atoms with van der Waals surface area (Å²) >= 11 is 0. The van der Waals surface area contributed by atoms with E-state index in [0.717, 1.165) is 24.4 Å². The quantitative estimate of drug-likeness (QED) is 0.846. The van der Waals surface area contributed by atoms with Gasteiger partial charge in [-0.05, 0) is 17.7 Å². The van der Waals surface area contributed by atoms with Crippen LogP contribution in [0.2, 0.25) is 0 Å². The van der Waals surface area contributed by atoms with Gasteiger partial charge in [0, 0.05) is 12.8 Å².